The van der Waals surface area contributed by atoms with E-state index in [4.69, 9.17) is 12.2 Å². The summed E-state index contributed by atoms with van der Waals surface area (Å²) in [5, 5.41) is 7.80. The van der Waals surface area contributed by atoms with Crippen LogP contribution in [0.15, 0.2) is 18.2 Å². The van der Waals surface area contributed by atoms with Gasteiger partial charge in [0.05, 0.1) is 0 Å². The normalized spacial score (nSPS) is 18.9. The van der Waals surface area contributed by atoms with E-state index in [2.05, 4.69) is 35.8 Å². The molecule has 2 nitrogen and oxygen atoms in total. The molecule has 2 saturated carbocycles. The average molecular weight is 345 g/mol. The quantitative estimate of drug-likeness (QED) is 0.482. The number of hydrogen-bond donors (Lipinski definition) is 2. The maximum Gasteiger partial charge on any atom is 0.170 e. The van der Waals surface area contributed by atoms with Crippen molar-refractivity contribution >= 4 is 23.0 Å². The summed E-state index contributed by atoms with van der Waals surface area (Å²) in [6, 6.07) is 6.96. The molecule has 0 spiro atoms. The highest BCUT2D eigenvalue weighted by Gasteiger charge is 2.26. The van der Waals surface area contributed by atoms with E-state index >= 15 is 0 Å². The van der Waals surface area contributed by atoms with Gasteiger partial charge < -0.3 is 10.6 Å². The van der Waals surface area contributed by atoms with Crippen molar-refractivity contribution in [3.63, 3.8) is 0 Å². The maximum atomic E-state index is 5.60. The SMILES string of the molecule is CCCCNC(=S)Nc1c(C2CCCC2)cccc1C1CCCC1. The average Bonchev–Trinajstić information content (AvgIpc) is 3.29. The van der Waals surface area contributed by atoms with E-state index in [9.17, 15) is 0 Å². The molecule has 3 heteroatoms. The smallest absolute Gasteiger partial charge is 0.170 e. The zero-order valence-corrected chi connectivity index (χ0v) is 15.9. The first-order valence-electron chi connectivity index (χ1n) is 9.97. The summed E-state index contributed by atoms with van der Waals surface area (Å²) in [6.45, 7) is 3.18. The van der Waals surface area contributed by atoms with Crippen molar-refractivity contribution in [2.24, 2.45) is 0 Å². The van der Waals surface area contributed by atoms with Crippen molar-refractivity contribution in [3.05, 3.63) is 29.3 Å². The molecule has 2 aliphatic carbocycles. The largest absolute Gasteiger partial charge is 0.362 e. The molecule has 24 heavy (non-hydrogen) atoms. The highest BCUT2D eigenvalue weighted by molar-refractivity contribution is 7.80. The highest BCUT2D eigenvalue weighted by atomic mass is 32.1. The van der Waals surface area contributed by atoms with Crippen molar-refractivity contribution < 1.29 is 0 Å². The standard InChI is InChI=1S/C21H32N2S/c1-2-3-15-22-21(24)23-20-18(16-9-4-5-10-16)13-8-14-19(20)17-11-6-7-12-17/h8,13-14,16-17H,2-7,9-12,15H2,1H3,(H2,22,23,24). The lowest BCUT2D eigenvalue weighted by molar-refractivity contribution is 0.703. The first-order chi connectivity index (χ1) is 11.8. The van der Waals surface area contributed by atoms with Crippen LogP contribution in [0.2, 0.25) is 0 Å². The molecule has 1 aromatic carbocycles. The monoisotopic (exact) mass is 344 g/mol. The Kier molecular flexibility index (Phi) is 6.53. The molecule has 3 rings (SSSR count). The number of rotatable bonds is 6. The van der Waals surface area contributed by atoms with Gasteiger partial charge in [0.25, 0.3) is 0 Å². The Morgan fingerprint density at radius 1 is 1.00 bits per heavy atom. The minimum atomic E-state index is 0.715. The Bertz CT molecular complexity index is 509. The summed E-state index contributed by atoms with van der Waals surface area (Å²) in [7, 11) is 0. The van der Waals surface area contributed by atoms with Gasteiger partial charge in [-0.25, -0.2) is 0 Å². The number of thiocarbonyl (C=S) groups is 1. The summed E-state index contributed by atoms with van der Waals surface area (Å²) in [6.07, 6.45) is 13.2. The van der Waals surface area contributed by atoms with Gasteiger partial charge in [0.15, 0.2) is 5.11 Å². The van der Waals surface area contributed by atoms with Gasteiger partial charge in [-0.3, -0.25) is 0 Å². The second kappa shape index (κ2) is 8.84. The number of benzene rings is 1. The minimum Gasteiger partial charge on any atom is -0.362 e. The van der Waals surface area contributed by atoms with Crippen LogP contribution in [0.1, 0.15) is 94.1 Å². The van der Waals surface area contributed by atoms with Crippen molar-refractivity contribution in [1.29, 1.82) is 0 Å². The maximum absolute atomic E-state index is 5.60. The predicted molar refractivity (Wildman–Crippen MR) is 108 cm³/mol. The molecule has 1 aromatic rings. The number of hydrogen-bond acceptors (Lipinski definition) is 1. The lowest BCUT2D eigenvalue weighted by atomic mass is 9.88. The third kappa shape index (κ3) is 4.30. The molecule has 0 radical (unpaired) electrons. The number of unbranched alkanes of at least 4 members (excludes halogenated alkanes) is 1. The van der Waals surface area contributed by atoms with E-state index in [-0.39, 0.29) is 0 Å². The summed E-state index contributed by atoms with van der Waals surface area (Å²) in [5.74, 6) is 1.43. The van der Waals surface area contributed by atoms with Gasteiger partial charge in [-0.05, 0) is 67.3 Å². The molecule has 0 atom stereocenters. The van der Waals surface area contributed by atoms with Gasteiger partial charge >= 0.3 is 0 Å². The zero-order chi connectivity index (χ0) is 16.8. The van der Waals surface area contributed by atoms with Gasteiger partial charge in [-0.15, -0.1) is 0 Å². The summed E-state index contributed by atoms with van der Waals surface area (Å²) >= 11 is 5.60. The lowest BCUT2D eigenvalue weighted by Gasteiger charge is -2.24. The van der Waals surface area contributed by atoms with E-state index in [0.29, 0.717) is 11.8 Å². The molecule has 0 saturated heterocycles. The molecule has 2 fully saturated rings. The third-order valence-corrected chi connectivity index (χ3v) is 6.02. The topological polar surface area (TPSA) is 24.1 Å². The molecule has 2 N–H and O–H groups in total. The Morgan fingerprint density at radius 3 is 2.04 bits per heavy atom. The summed E-state index contributed by atoms with van der Waals surface area (Å²) in [5.41, 5.74) is 4.36. The number of anilines is 1. The lowest BCUT2D eigenvalue weighted by Crippen LogP contribution is -2.30. The summed E-state index contributed by atoms with van der Waals surface area (Å²) in [4.78, 5) is 0. The molecular formula is C21H32N2S. The molecule has 0 amide bonds. The van der Waals surface area contributed by atoms with Gasteiger partial charge in [0.2, 0.25) is 0 Å². The molecule has 0 aromatic heterocycles. The van der Waals surface area contributed by atoms with Gasteiger partial charge in [-0.2, -0.15) is 0 Å². The van der Waals surface area contributed by atoms with E-state index in [1.165, 1.54) is 81.0 Å². The van der Waals surface area contributed by atoms with Crippen molar-refractivity contribution in [2.75, 3.05) is 11.9 Å². The Morgan fingerprint density at radius 2 is 1.54 bits per heavy atom. The van der Waals surface area contributed by atoms with Crippen LogP contribution < -0.4 is 10.6 Å². The predicted octanol–water partition coefficient (Wildman–Crippen LogP) is 6.09. The van der Waals surface area contributed by atoms with Crippen molar-refractivity contribution in [3.8, 4) is 0 Å². The first-order valence-corrected chi connectivity index (χ1v) is 10.4. The second-order valence-corrected chi connectivity index (χ2v) is 7.92. The van der Waals surface area contributed by atoms with Crippen LogP contribution in [-0.4, -0.2) is 11.7 Å². The molecule has 0 heterocycles. The fraction of sp³-hybridized carbons (Fsp3) is 0.667. The van der Waals surface area contributed by atoms with Gasteiger partial charge in [-0.1, -0.05) is 57.2 Å². The third-order valence-electron chi connectivity index (χ3n) is 5.77. The van der Waals surface area contributed by atoms with Crippen molar-refractivity contribution in [2.45, 2.75) is 83.0 Å². The molecule has 0 aliphatic heterocycles. The Hall–Kier alpha value is -1.09. The van der Waals surface area contributed by atoms with Crippen LogP contribution in [0.4, 0.5) is 5.69 Å². The van der Waals surface area contributed by atoms with Crippen LogP contribution >= 0.6 is 12.2 Å². The molecule has 2 aliphatic rings. The number of para-hydroxylation sites is 1. The molecular weight excluding hydrogens is 312 g/mol. The molecule has 132 valence electrons. The Balaban J connectivity index is 1.82. The fourth-order valence-corrected chi connectivity index (χ4v) is 4.63. The summed E-state index contributed by atoms with van der Waals surface area (Å²) < 4.78 is 0. The van der Waals surface area contributed by atoms with Gasteiger partial charge in [0, 0.05) is 12.2 Å². The van der Waals surface area contributed by atoms with Crippen LogP contribution in [0, 0.1) is 0 Å². The highest BCUT2D eigenvalue weighted by Crippen LogP contribution is 2.44. The minimum absolute atomic E-state index is 0.715. The van der Waals surface area contributed by atoms with E-state index < -0.39 is 0 Å². The van der Waals surface area contributed by atoms with Crippen LogP contribution in [-0.2, 0) is 0 Å². The van der Waals surface area contributed by atoms with E-state index in [1.807, 2.05) is 0 Å². The first kappa shape index (κ1) is 17.7. The second-order valence-electron chi connectivity index (χ2n) is 7.51. The molecule has 0 bridgehead atoms. The zero-order valence-electron chi connectivity index (χ0n) is 15.1. The van der Waals surface area contributed by atoms with Gasteiger partial charge in [0.1, 0.15) is 0 Å². The van der Waals surface area contributed by atoms with Crippen LogP contribution in [0.3, 0.4) is 0 Å². The van der Waals surface area contributed by atoms with Crippen LogP contribution in [0.25, 0.3) is 0 Å². The van der Waals surface area contributed by atoms with Crippen molar-refractivity contribution in [1.82, 2.24) is 5.32 Å². The number of nitrogens with one attached hydrogen (secondary N) is 2. The van der Waals surface area contributed by atoms with E-state index in [0.717, 1.165) is 11.7 Å². The fourth-order valence-electron chi connectivity index (χ4n) is 4.42. The Labute approximate surface area is 152 Å². The van der Waals surface area contributed by atoms with E-state index in [1.54, 1.807) is 0 Å². The van der Waals surface area contributed by atoms with Crippen LogP contribution in [0.5, 0.6) is 0 Å². The molecule has 0 unspecified atom stereocenters.